The summed E-state index contributed by atoms with van der Waals surface area (Å²) in [5.74, 6) is 1.26. The highest BCUT2D eigenvalue weighted by atomic mass is 16.5. The highest BCUT2D eigenvalue weighted by molar-refractivity contribution is 5.80. The molecule has 2 fully saturated rings. The number of nitrogens with zero attached hydrogens (tertiary/aromatic N) is 3. The summed E-state index contributed by atoms with van der Waals surface area (Å²) in [5, 5.41) is 6.83. The van der Waals surface area contributed by atoms with Crippen molar-refractivity contribution in [3.63, 3.8) is 0 Å². The van der Waals surface area contributed by atoms with E-state index in [1.165, 1.54) is 0 Å². The van der Waals surface area contributed by atoms with Crippen molar-refractivity contribution in [2.24, 2.45) is 0 Å². The number of piperidine rings is 1. The Morgan fingerprint density at radius 2 is 2.00 bits per heavy atom. The molecule has 2 saturated heterocycles. The SMILES string of the molecule is CCOC(=O)CNC(=O)N1CCC(C)(c2noc(C3CCOCC3)n2)CC1. The summed E-state index contributed by atoms with van der Waals surface area (Å²) in [5.41, 5.74) is -0.217. The predicted octanol–water partition coefficient (Wildman–Crippen LogP) is 1.59. The third-order valence-electron chi connectivity index (χ3n) is 5.40. The van der Waals surface area contributed by atoms with Gasteiger partial charge in [-0.15, -0.1) is 0 Å². The van der Waals surface area contributed by atoms with E-state index in [-0.39, 0.29) is 23.9 Å². The molecule has 1 N–H and O–H groups in total. The van der Waals surface area contributed by atoms with Crippen LogP contribution in [0.3, 0.4) is 0 Å². The van der Waals surface area contributed by atoms with E-state index in [0.29, 0.717) is 25.6 Å². The number of aromatic nitrogens is 2. The molecule has 3 rings (SSSR count). The Balaban J connectivity index is 1.52. The number of nitrogens with one attached hydrogen (secondary N) is 1. The van der Waals surface area contributed by atoms with Gasteiger partial charge in [0.15, 0.2) is 5.82 Å². The number of ether oxygens (including phenoxy) is 2. The Kier molecular flexibility index (Phi) is 6.30. The maximum absolute atomic E-state index is 12.2. The van der Waals surface area contributed by atoms with Gasteiger partial charge in [0.1, 0.15) is 6.54 Å². The van der Waals surface area contributed by atoms with Gasteiger partial charge >= 0.3 is 12.0 Å². The third kappa shape index (κ3) is 4.77. The van der Waals surface area contributed by atoms with Crippen molar-refractivity contribution in [2.75, 3.05) is 39.5 Å². The van der Waals surface area contributed by atoms with Crippen LogP contribution in [-0.4, -0.2) is 66.5 Å². The maximum atomic E-state index is 12.2. The average molecular weight is 380 g/mol. The lowest BCUT2D eigenvalue weighted by Gasteiger charge is -2.37. The minimum Gasteiger partial charge on any atom is -0.465 e. The summed E-state index contributed by atoms with van der Waals surface area (Å²) in [6.45, 7) is 6.65. The number of likely N-dealkylation sites (tertiary alicyclic amines) is 1. The summed E-state index contributed by atoms with van der Waals surface area (Å²) < 4.78 is 15.7. The summed E-state index contributed by atoms with van der Waals surface area (Å²) in [6, 6.07) is -0.249. The van der Waals surface area contributed by atoms with Gasteiger partial charge in [-0.1, -0.05) is 12.1 Å². The van der Waals surface area contributed by atoms with Gasteiger partial charge in [0, 0.05) is 37.6 Å². The van der Waals surface area contributed by atoms with Crippen LogP contribution in [0.1, 0.15) is 57.2 Å². The van der Waals surface area contributed by atoms with Gasteiger partial charge in [0.2, 0.25) is 5.89 Å². The van der Waals surface area contributed by atoms with E-state index in [2.05, 4.69) is 22.4 Å². The first-order chi connectivity index (χ1) is 13.0. The molecule has 0 radical (unpaired) electrons. The van der Waals surface area contributed by atoms with Gasteiger partial charge in [0.05, 0.1) is 6.61 Å². The lowest BCUT2D eigenvalue weighted by molar-refractivity contribution is -0.141. The van der Waals surface area contributed by atoms with Crippen molar-refractivity contribution >= 4 is 12.0 Å². The van der Waals surface area contributed by atoms with Crippen LogP contribution in [0.4, 0.5) is 4.79 Å². The van der Waals surface area contributed by atoms with Crippen molar-refractivity contribution in [1.82, 2.24) is 20.4 Å². The molecule has 2 aliphatic heterocycles. The lowest BCUT2D eigenvalue weighted by atomic mass is 9.79. The van der Waals surface area contributed by atoms with Gasteiger partial charge in [0.25, 0.3) is 0 Å². The van der Waals surface area contributed by atoms with E-state index in [1.54, 1.807) is 11.8 Å². The van der Waals surface area contributed by atoms with Crippen LogP contribution in [0.2, 0.25) is 0 Å². The fraction of sp³-hybridized carbons (Fsp3) is 0.778. The van der Waals surface area contributed by atoms with Crippen LogP contribution in [-0.2, 0) is 19.7 Å². The van der Waals surface area contributed by atoms with Gasteiger partial charge in [-0.3, -0.25) is 4.79 Å². The van der Waals surface area contributed by atoms with Crippen molar-refractivity contribution in [2.45, 2.75) is 50.9 Å². The normalized spacial score (nSPS) is 20.3. The Labute approximate surface area is 158 Å². The minimum absolute atomic E-state index is 0.111. The number of carbonyl (C=O) groups is 2. The van der Waals surface area contributed by atoms with Crippen LogP contribution in [0.5, 0.6) is 0 Å². The topological polar surface area (TPSA) is 107 Å². The van der Waals surface area contributed by atoms with Crippen molar-refractivity contribution < 1.29 is 23.6 Å². The summed E-state index contributed by atoms with van der Waals surface area (Å²) in [4.78, 5) is 29.9. The molecule has 0 atom stereocenters. The second-order valence-corrected chi connectivity index (χ2v) is 7.35. The van der Waals surface area contributed by atoms with E-state index < -0.39 is 5.97 Å². The standard InChI is InChI=1S/C18H28N4O5/c1-3-26-14(23)12-19-17(24)22-8-6-18(2,7-9-22)16-20-15(27-21-16)13-4-10-25-11-5-13/h13H,3-12H2,1-2H3,(H,19,24). The molecule has 3 heterocycles. The number of carbonyl (C=O) groups excluding carboxylic acids is 2. The number of hydrogen-bond donors (Lipinski definition) is 1. The number of urea groups is 1. The van der Waals surface area contributed by atoms with E-state index in [9.17, 15) is 9.59 Å². The van der Waals surface area contributed by atoms with Crippen LogP contribution in [0.25, 0.3) is 0 Å². The van der Waals surface area contributed by atoms with Crippen LogP contribution in [0, 0.1) is 0 Å². The first kappa shape index (κ1) is 19.6. The van der Waals surface area contributed by atoms with E-state index in [0.717, 1.165) is 44.7 Å². The molecule has 0 unspecified atom stereocenters. The Hall–Kier alpha value is -2.16. The van der Waals surface area contributed by atoms with Gasteiger partial charge in [-0.2, -0.15) is 4.98 Å². The molecular weight excluding hydrogens is 352 g/mol. The van der Waals surface area contributed by atoms with Gasteiger partial charge in [-0.25, -0.2) is 4.79 Å². The fourth-order valence-corrected chi connectivity index (χ4v) is 3.49. The lowest BCUT2D eigenvalue weighted by Crippen LogP contribution is -2.49. The second-order valence-electron chi connectivity index (χ2n) is 7.35. The van der Waals surface area contributed by atoms with E-state index in [4.69, 9.17) is 14.0 Å². The Bertz CT molecular complexity index is 648. The predicted molar refractivity (Wildman–Crippen MR) is 95.3 cm³/mol. The van der Waals surface area contributed by atoms with Crippen molar-refractivity contribution in [3.05, 3.63) is 11.7 Å². The Morgan fingerprint density at radius 1 is 1.30 bits per heavy atom. The molecule has 9 heteroatoms. The van der Waals surface area contributed by atoms with Crippen molar-refractivity contribution in [3.8, 4) is 0 Å². The molecule has 0 spiro atoms. The largest absolute Gasteiger partial charge is 0.465 e. The minimum atomic E-state index is -0.430. The van der Waals surface area contributed by atoms with E-state index >= 15 is 0 Å². The molecule has 1 aromatic heterocycles. The molecule has 27 heavy (non-hydrogen) atoms. The fourth-order valence-electron chi connectivity index (χ4n) is 3.49. The maximum Gasteiger partial charge on any atom is 0.325 e. The molecule has 9 nitrogen and oxygen atoms in total. The van der Waals surface area contributed by atoms with Gasteiger partial charge < -0.3 is 24.2 Å². The van der Waals surface area contributed by atoms with Crippen LogP contribution < -0.4 is 5.32 Å². The number of rotatable bonds is 5. The zero-order chi connectivity index (χ0) is 19.3. The molecule has 2 amide bonds. The number of amides is 2. The zero-order valence-corrected chi connectivity index (χ0v) is 16.0. The second kappa shape index (κ2) is 8.69. The van der Waals surface area contributed by atoms with Crippen LogP contribution >= 0.6 is 0 Å². The summed E-state index contributed by atoms with van der Waals surface area (Å²) in [7, 11) is 0. The van der Waals surface area contributed by atoms with Crippen LogP contribution in [0.15, 0.2) is 4.52 Å². The van der Waals surface area contributed by atoms with Gasteiger partial charge in [-0.05, 0) is 32.6 Å². The highest BCUT2D eigenvalue weighted by Gasteiger charge is 2.38. The molecule has 0 bridgehead atoms. The quantitative estimate of drug-likeness (QED) is 0.773. The molecule has 2 aliphatic rings. The highest BCUT2D eigenvalue weighted by Crippen LogP contribution is 2.35. The van der Waals surface area contributed by atoms with Crippen molar-refractivity contribution in [1.29, 1.82) is 0 Å². The molecular formula is C18H28N4O5. The monoisotopic (exact) mass is 380 g/mol. The number of hydrogen-bond acceptors (Lipinski definition) is 7. The summed E-state index contributed by atoms with van der Waals surface area (Å²) >= 11 is 0. The zero-order valence-electron chi connectivity index (χ0n) is 16.0. The molecule has 0 aliphatic carbocycles. The number of esters is 1. The Morgan fingerprint density at radius 3 is 2.67 bits per heavy atom. The molecule has 1 aromatic rings. The molecule has 0 saturated carbocycles. The third-order valence-corrected chi connectivity index (χ3v) is 5.40. The first-order valence-corrected chi connectivity index (χ1v) is 9.62. The van der Waals surface area contributed by atoms with E-state index in [1.807, 2.05) is 0 Å². The first-order valence-electron chi connectivity index (χ1n) is 9.62. The average Bonchev–Trinajstić information content (AvgIpc) is 3.19. The summed E-state index contributed by atoms with van der Waals surface area (Å²) in [6.07, 6.45) is 3.30. The smallest absolute Gasteiger partial charge is 0.325 e. The molecule has 0 aromatic carbocycles. The molecule has 150 valence electrons.